The van der Waals surface area contributed by atoms with Crippen molar-refractivity contribution >= 4 is 45.6 Å². The molecule has 0 unspecified atom stereocenters. The van der Waals surface area contributed by atoms with E-state index in [9.17, 15) is 0 Å². The van der Waals surface area contributed by atoms with Crippen LogP contribution in [0.15, 0.2) is 91.0 Å². The van der Waals surface area contributed by atoms with Gasteiger partial charge in [-0.1, -0.05) is 0 Å². The Morgan fingerprint density at radius 2 is 1.33 bits per heavy atom. The molecule has 0 bridgehead atoms. The second kappa shape index (κ2) is 8.77. The molecule has 0 radical (unpaired) electrons. The topological polar surface area (TPSA) is 0 Å². The Hall–Kier alpha value is -1.35. The molecule has 0 aliphatic carbocycles. The number of hydrogen-bond donors (Lipinski definition) is 0. The van der Waals surface area contributed by atoms with Crippen molar-refractivity contribution in [2.24, 2.45) is 0 Å². The molecule has 1 heterocycles. The molecular formula is C23H28B2P2. The third kappa shape index (κ3) is 3.94. The van der Waals surface area contributed by atoms with E-state index in [1.54, 1.807) is 5.30 Å². The fourth-order valence-electron chi connectivity index (χ4n) is 5.03. The second-order valence-corrected chi connectivity index (χ2v) is 14.9. The Balaban J connectivity index is 1.70. The standard InChI is InChI=1S/C23H28B2P2/c24-25-27(22-15-8-3-9-16-22)18-10-17-23(27)19-26(20-11-4-1-5-12-20)21-13-6-2-7-14-21/h1-9,11-16,23,25,27H,10,17-19,24H2/t23-/m0/s1. The fraction of sp³-hybridized carbons (Fsp3) is 0.217. The van der Waals surface area contributed by atoms with Crippen LogP contribution in [-0.4, -0.2) is 32.6 Å². The Morgan fingerprint density at radius 3 is 1.85 bits per heavy atom. The predicted octanol–water partition coefficient (Wildman–Crippen LogP) is 3.26. The molecule has 3 aromatic carbocycles. The van der Waals surface area contributed by atoms with Gasteiger partial charge in [0, 0.05) is 0 Å². The van der Waals surface area contributed by atoms with E-state index in [0.717, 1.165) is 5.66 Å². The number of benzene rings is 3. The van der Waals surface area contributed by atoms with Gasteiger partial charge >= 0.3 is 167 Å². The summed E-state index contributed by atoms with van der Waals surface area (Å²) in [4.78, 5) is 0. The van der Waals surface area contributed by atoms with Crippen molar-refractivity contribution in [1.82, 2.24) is 0 Å². The van der Waals surface area contributed by atoms with Gasteiger partial charge in [-0.2, -0.15) is 0 Å². The molecule has 1 fully saturated rings. The van der Waals surface area contributed by atoms with Crippen molar-refractivity contribution in [2.75, 3.05) is 12.3 Å². The SMILES string of the molecule is BB[PH]1(c2ccccc2)CCC[C@H]1CP(c1ccccc1)c1ccccc1. The molecular weight excluding hydrogens is 360 g/mol. The fourth-order valence-corrected chi connectivity index (χ4v) is 14.3. The summed E-state index contributed by atoms with van der Waals surface area (Å²) in [5.74, 6) is 0. The monoisotopic (exact) mass is 388 g/mol. The van der Waals surface area contributed by atoms with Crippen LogP contribution >= 0.6 is 15.1 Å². The predicted molar refractivity (Wildman–Crippen MR) is 132 cm³/mol. The van der Waals surface area contributed by atoms with E-state index >= 15 is 0 Å². The zero-order chi connectivity index (χ0) is 18.5. The summed E-state index contributed by atoms with van der Waals surface area (Å²) in [5.41, 5.74) is 0.899. The van der Waals surface area contributed by atoms with E-state index in [4.69, 9.17) is 0 Å². The van der Waals surface area contributed by atoms with Gasteiger partial charge in [0.2, 0.25) is 0 Å². The van der Waals surface area contributed by atoms with Crippen LogP contribution in [0.25, 0.3) is 0 Å². The molecule has 0 N–H and O–H groups in total. The summed E-state index contributed by atoms with van der Waals surface area (Å²) in [6.45, 7) is 1.38. The van der Waals surface area contributed by atoms with Crippen molar-refractivity contribution in [1.29, 1.82) is 0 Å². The Bertz CT molecular complexity index is 803. The molecule has 1 aliphatic heterocycles. The van der Waals surface area contributed by atoms with Gasteiger partial charge in [0.05, 0.1) is 0 Å². The van der Waals surface area contributed by atoms with Crippen molar-refractivity contribution in [2.45, 2.75) is 18.5 Å². The average molecular weight is 388 g/mol. The molecule has 4 heteroatoms. The van der Waals surface area contributed by atoms with Crippen molar-refractivity contribution in [3.8, 4) is 0 Å². The number of hydrogen-bond acceptors (Lipinski definition) is 0. The Labute approximate surface area is 167 Å². The van der Waals surface area contributed by atoms with Gasteiger partial charge in [-0.25, -0.2) is 0 Å². The first-order valence-electron chi connectivity index (χ1n) is 10.3. The molecule has 1 atom stereocenters. The molecule has 0 saturated carbocycles. The first kappa shape index (κ1) is 19.0. The Morgan fingerprint density at radius 1 is 0.815 bits per heavy atom. The molecule has 1 aliphatic rings. The average Bonchev–Trinajstić information content (AvgIpc) is 3.17. The minimum absolute atomic E-state index is 0.282. The molecule has 0 aromatic heterocycles. The van der Waals surface area contributed by atoms with Crippen LogP contribution in [0.5, 0.6) is 0 Å². The van der Waals surface area contributed by atoms with Gasteiger partial charge < -0.3 is 0 Å². The first-order chi connectivity index (χ1) is 13.3. The zero-order valence-electron chi connectivity index (χ0n) is 16.2. The Kier molecular flexibility index (Phi) is 6.17. The first-order valence-corrected chi connectivity index (χ1v) is 14.3. The van der Waals surface area contributed by atoms with E-state index in [1.165, 1.54) is 42.7 Å². The molecule has 3 aromatic rings. The molecule has 1 saturated heterocycles. The minimum atomic E-state index is -1.42. The van der Waals surface area contributed by atoms with Gasteiger partial charge in [0.1, 0.15) is 0 Å². The van der Waals surface area contributed by atoms with E-state index < -0.39 is 7.14 Å². The van der Waals surface area contributed by atoms with E-state index in [0.29, 0.717) is 0 Å². The molecule has 0 spiro atoms. The summed E-state index contributed by atoms with van der Waals surface area (Å²) in [5, 5.41) is 4.78. The molecule has 136 valence electrons. The van der Waals surface area contributed by atoms with Crippen LogP contribution in [0, 0.1) is 0 Å². The van der Waals surface area contributed by atoms with Crippen molar-refractivity contribution in [3.05, 3.63) is 91.0 Å². The van der Waals surface area contributed by atoms with Crippen LogP contribution in [0.2, 0.25) is 0 Å². The van der Waals surface area contributed by atoms with E-state index in [-0.39, 0.29) is 7.92 Å². The van der Waals surface area contributed by atoms with Crippen LogP contribution in [-0.2, 0) is 0 Å². The van der Waals surface area contributed by atoms with Crippen molar-refractivity contribution in [3.63, 3.8) is 0 Å². The van der Waals surface area contributed by atoms with Crippen LogP contribution < -0.4 is 15.9 Å². The summed E-state index contributed by atoms with van der Waals surface area (Å²) >= 11 is 0. The van der Waals surface area contributed by atoms with Crippen LogP contribution in [0.3, 0.4) is 0 Å². The van der Waals surface area contributed by atoms with Gasteiger partial charge in [-0.3, -0.25) is 0 Å². The van der Waals surface area contributed by atoms with Crippen LogP contribution in [0.1, 0.15) is 12.8 Å². The number of rotatable bonds is 6. The second-order valence-electron chi connectivity index (χ2n) is 7.75. The maximum atomic E-state index is 2.46. The van der Waals surface area contributed by atoms with Gasteiger partial charge in [0.25, 0.3) is 0 Å². The van der Waals surface area contributed by atoms with E-state index in [2.05, 4.69) is 98.7 Å². The summed E-state index contributed by atoms with van der Waals surface area (Å²) in [7, 11) is 0.757. The normalized spacial score (nSPS) is 19.7. The van der Waals surface area contributed by atoms with Crippen LogP contribution in [0.4, 0.5) is 0 Å². The summed E-state index contributed by atoms with van der Waals surface area (Å²) < 4.78 is 0. The summed E-state index contributed by atoms with van der Waals surface area (Å²) in [6, 6.07) is 34.1. The van der Waals surface area contributed by atoms with Gasteiger partial charge in [-0.05, 0) is 0 Å². The maximum absolute atomic E-state index is 2.46. The molecule has 4 rings (SSSR count). The van der Waals surface area contributed by atoms with Crippen molar-refractivity contribution < 1.29 is 0 Å². The molecule has 0 nitrogen and oxygen atoms in total. The van der Waals surface area contributed by atoms with E-state index in [1.807, 2.05) is 0 Å². The summed E-state index contributed by atoms with van der Waals surface area (Å²) in [6.07, 6.45) is 5.68. The van der Waals surface area contributed by atoms with Gasteiger partial charge in [-0.15, -0.1) is 0 Å². The quantitative estimate of drug-likeness (QED) is 0.450. The molecule has 0 amide bonds. The van der Waals surface area contributed by atoms with Gasteiger partial charge in [0.15, 0.2) is 0 Å². The molecule has 27 heavy (non-hydrogen) atoms. The zero-order valence-corrected chi connectivity index (χ0v) is 18.1. The third-order valence-electron chi connectivity index (χ3n) is 6.48. The third-order valence-corrected chi connectivity index (χ3v) is 15.5.